The molecule has 0 aliphatic heterocycles. The standard InChI is InChI=1S/C15H26N4S/c1-12(2)10-19(8-6-7-16)14-18-13(11-20-14)9-17-15(3,4)5/h11-12,17H,6,8-10H2,1-5H3. The molecule has 0 fully saturated rings. The van der Waals surface area contributed by atoms with Gasteiger partial charge in [-0.15, -0.1) is 11.3 Å². The first-order chi connectivity index (χ1) is 9.31. The summed E-state index contributed by atoms with van der Waals surface area (Å²) in [5.41, 5.74) is 1.17. The second kappa shape index (κ2) is 7.61. The Morgan fingerprint density at radius 2 is 2.15 bits per heavy atom. The van der Waals surface area contributed by atoms with Crippen molar-refractivity contribution in [3.8, 4) is 6.07 Å². The van der Waals surface area contributed by atoms with Gasteiger partial charge < -0.3 is 10.2 Å². The summed E-state index contributed by atoms with van der Waals surface area (Å²) in [6, 6.07) is 2.22. The van der Waals surface area contributed by atoms with Gasteiger partial charge in [0.25, 0.3) is 0 Å². The molecule has 0 aliphatic rings. The van der Waals surface area contributed by atoms with Crippen molar-refractivity contribution in [3.05, 3.63) is 11.1 Å². The van der Waals surface area contributed by atoms with E-state index in [1.54, 1.807) is 11.3 Å². The van der Waals surface area contributed by atoms with Crippen LogP contribution in [-0.4, -0.2) is 23.6 Å². The summed E-state index contributed by atoms with van der Waals surface area (Å²) in [7, 11) is 0. The molecule has 0 saturated carbocycles. The summed E-state index contributed by atoms with van der Waals surface area (Å²) >= 11 is 1.67. The SMILES string of the molecule is CC(C)CN(CCC#N)c1nc(CNC(C)(C)C)cs1. The fourth-order valence-electron chi connectivity index (χ4n) is 1.77. The molecule has 5 heteroatoms. The molecule has 4 nitrogen and oxygen atoms in total. The normalized spacial score (nSPS) is 11.7. The molecule has 1 aromatic rings. The van der Waals surface area contributed by atoms with Gasteiger partial charge >= 0.3 is 0 Å². The molecular formula is C15H26N4S. The third-order valence-corrected chi connectivity index (χ3v) is 3.64. The minimum Gasteiger partial charge on any atom is -0.347 e. The highest BCUT2D eigenvalue weighted by molar-refractivity contribution is 7.13. The minimum absolute atomic E-state index is 0.0994. The summed E-state index contributed by atoms with van der Waals surface area (Å²) in [6.45, 7) is 13.3. The Morgan fingerprint density at radius 1 is 1.45 bits per heavy atom. The number of hydrogen-bond acceptors (Lipinski definition) is 5. The summed E-state index contributed by atoms with van der Waals surface area (Å²) in [6.07, 6.45) is 0.544. The molecule has 1 aromatic heterocycles. The lowest BCUT2D eigenvalue weighted by Gasteiger charge is -2.22. The van der Waals surface area contributed by atoms with Gasteiger partial charge in [-0.05, 0) is 26.7 Å². The topological polar surface area (TPSA) is 52.0 Å². The molecule has 0 atom stereocenters. The van der Waals surface area contributed by atoms with Crippen LogP contribution in [0.2, 0.25) is 0 Å². The summed E-state index contributed by atoms with van der Waals surface area (Å²) in [5.74, 6) is 0.564. The maximum atomic E-state index is 8.77. The number of nitrogens with one attached hydrogen (secondary N) is 1. The van der Waals surface area contributed by atoms with Crippen LogP contribution < -0.4 is 10.2 Å². The minimum atomic E-state index is 0.0994. The third kappa shape index (κ3) is 6.36. The van der Waals surface area contributed by atoms with E-state index in [4.69, 9.17) is 10.2 Å². The van der Waals surface area contributed by atoms with Gasteiger partial charge in [0.1, 0.15) is 0 Å². The van der Waals surface area contributed by atoms with Crippen LogP contribution in [0.25, 0.3) is 0 Å². The van der Waals surface area contributed by atoms with Gasteiger partial charge in [-0.1, -0.05) is 13.8 Å². The van der Waals surface area contributed by atoms with E-state index in [-0.39, 0.29) is 5.54 Å². The number of hydrogen-bond donors (Lipinski definition) is 1. The first kappa shape index (κ1) is 16.9. The maximum absolute atomic E-state index is 8.77. The lowest BCUT2D eigenvalue weighted by molar-refractivity contribution is 0.422. The number of thiazole rings is 1. The molecule has 0 amide bonds. The lowest BCUT2D eigenvalue weighted by Crippen LogP contribution is -2.35. The van der Waals surface area contributed by atoms with E-state index in [2.05, 4.69) is 56.3 Å². The van der Waals surface area contributed by atoms with E-state index in [0.29, 0.717) is 12.3 Å². The molecule has 0 saturated heterocycles. The van der Waals surface area contributed by atoms with Gasteiger partial charge in [-0.3, -0.25) is 0 Å². The van der Waals surface area contributed by atoms with Crippen LogP contribution in [0.1, 0.15) is 46.7 Å². The van der Waals surface area contributed by atoms with Crippen molar-refractivity contribution in [2.24, 2.45) is 5.92 Å². The van der Waals surface area contributed by atoms with Crippen LogP contribution in [0.15, 0.2) is 5.38 Å². The molecule has 0 spiro atoms. The quantitative estimate of drug-likeness (QED) is 0.837. The zero-order valence-corrected chi connectivity index (χ0v) is 14.0. The molecule has 1 heterocycles. The number of aromatic nitrogens is 1. The van der Waals surface area contributed by atoms with E-state index in [1.165, 1.54) is 0 Å². The van der Waals surface area contributed by atoms with E-state index in [0.717, 1.165) is 30.5 Å². The second-order valence-corrected chi connectivity index (χ2v) is 7.31. The van der Waals surface area contributed by atoms with Crippen LogP contribution in [0.5, 0.6) is 0 Å². The Morgan fingerprint density at radius 3 is 2.70 bits per heavy atom. The maximum Gasteiger partial charge on any atom is 0.185 e. The predicted molar refractivity (Wildman–Crippen MR) is 86.0 cm³/mol. The molecule has 0 bridgehead atoms. The molecule has 20 heavy (non-hydrogen) atoms. The fourth-order valence-corrected chi connectivity index (χ4v) is 2.63. The van der Waals surface area contributed by atoms with Crippen molar-refractivity contribution in [2.75, 3.05) is 18.0 Å². The first-order valence-corrected chi connectivity index (χ1v) is 8.01. The van der Waals surface area contributed by atoms with Gasteiger partial charge in [-0.2, -0.15) is 5.26 Å². The van der Waals surface area contributed by atoms with Crippen molar-refractivity contribution in [2.45, 2.75) is 53.1 Å². The van der Waals surface area contributed by atoms with Crippen molar-refractivity contribution in [1.82, 2.24) is 10.3 Å². The van der Waals surface area contributed by atoms with Gasteiger partial charge in [-0.25, -0.2) is 4.98 Å². The van der Waals surface area contributed by atoms with Crippen LogP contribution in [0.4, 0.5) is 5.13 Å². The van der Waals surface area contributed by atoms with Gasteiger partial charge in [0, 0.05) is 30.6 Å². The largest absolute Gasteiger partial charge is 0.347 e. The summed E-state index contributed by atoms with van der Waals surface area (Å²) in [4.78, 5) is 6.91. The zero-order chi connectivity index (χ0) is 15.2. The molecule has 0 aliphatic carbocycles. The molecule has 0 aromatic carbocycles. The van der Waals surface area contributed by atoms with E-state index >= 15 is 0 Å². The van der Waals surface area contributed by atoms with E-state index in [9.17, 15) is 0 Å². The number of anilines is 1. The molecule has 0 unspecified atom stereocenters. The zero-order valence-electron chi connectivity index (χ0n) is 13.2. The predicted octanol–water partition coefficient (Wildman–Crippen LogP) is 3.41. The molecule has 1 N–H and O–H groups in total. The third-order valence-electron chi connectivity index (χ3n) is 2.69. The number of nitriles is 1. The first-order valence-electron chi connectivity index (χ1n) is 7.13. The molecule has 1 rings (SSSR count). The Labute approximate surface area is 126 Å². The van der Waals surface area contributed by atoms with Crippen LogP contribution in [-0.2, 0) is 6.54 Å². The van der Waals surface area contributed by atoms with Crippen molar-refractivity contribution < 1.29 is 0 Å². The van der Waals surface area contributed by atoms with Gasteiger partial charge in [0.15, 0.2) is 5.13 Å². The number of nitrogens with zero attached hydrogens (tertiary/aromatic N) is 3. The second-order valence-electron chi connectivity index (χ2n) is 6.47. The highest BCUT2D eigenvalue weighted by atomic mass is 32.1. The lowest BCUT2D eigenvalue weighted by atomic mass is 10.1. The number of rotatable bonds is 7. The average Bonchev–Trinajstić information content (AvgIpc) is 2.79. The van der Waals surface area contributed by atoms with Gasteiger partial charge in [0.2, 0.25) is 0 Å². The average molecular weight is 294 g/mol. The Balaban J connectivity index is 2.67. The monoisotopic (exact) mass is 294 g/mol. The summed E-state index contributed by atoms with van der Waals surface area (Å²) < 4.78 is 0. The Bertz CT molecular complexity index is 439. The van der Waals surface area contributed by atoms with Crippen LogP contribution in [0, 0.1) is 17.2 Å². The van der Waals surface area contributed by atoms with Crippen LogP contribution in [0.3, 0.4) is 0 Å². The van der Waals surface area contributed by atoms with Crippen molar-refractivity contribution in [1.29, 1.82) is 5.26 Å². The summed E-state index contributed by atoms with van der Waals surface area (Å²) in [5, 5.41) is 15.4. The van der Waals surface area contributed by atoms with Crippen molar-refractivity contribution >= 4 is 16.5 Å². The smallest absolute Gasteiger partial charge is 0.185 e. The fraction of sp³-hybridized carbons (Fsp3) is 0.733. The van der Waals surface area contributed by atoms with E-state index in [1.807, 2.05) is 0 Å². The molecule has 0 radical (unpaired) electrons. The highest BCUT2D eigenvalue weighted by Gasteiger charge is 2.14. The Kier molecular flexibility index (Phi) is 6.44. The highest BCUT2D eigenvalue weighted by Crippen LogP contribution is 2.22. The molecular weight excluding hydrogens is 268 g/mol. The van der Waals surface area contributed by atoms with Gasteiger partial charge in [0.05, 0.1) is 18.2 Å². The molecule has 112 valence electrons. The van der Waals surface area contributed by atoms with Crippen molar-refractivity contribution in [3.63, 3.8) is 0 Å². The Hall–Kier alpha value is -1.12. The van der Waals surface area contributed by atoms with Crippen LogP contribution >= 0.6 is 11.3 Å². The van der Waals surface area contributed by atoms with E-state index < -0.39 is 0 Å².